The maximum atomic E-state index is 13.1. The van der Waals surface area contributed by atoms with Crippen LogP contribution in [0.3, 0.4) is 0 Å². The van der Waals surface area contributed by atoms with E-state index in [0.717, 1.165) is 19.1 Å². The van der Waals surface area contributed by atoms with Crippen molar-refractivity contribution in [3.63, 3.8) is 0 Å². The molecule has 0 unspecified atom stereocenters. The molecular formula is C23H45NO3Si. The third-order valence-electron chi connectivity index (χ3n) is 6.45. The normalized spacial score (nSPS) is 19.1. The number of carbonyl (C=O) groups is 2. The van der Waals surface area contributed by atoms with Gasteiger partial charge in [-0.15, -0.1) is 6.58 Å². The summed E-state index contributed by atoms with van der Waals surface area (Å²) in [5.41, 5.74) is 0. The van der Waals surface area contributed by atoms with Crippen LogP contribution in [-0.2, 0) is 14.0 Å². The van der Waals surface area contributed by atoms with Gasteiger partial charge in [-0.05, 0) is 42.8 Å². The number of carbonyl (C=O) groups excluding carboxylic acids is 2. The molecular weight excluding hydrogens is 366 g/mol. The topological polar surface area (TPSA) is 55.4 Å². The van der Waals surface area contributed by atoms with Crippen molar-refractivity contribution in [2.45, 2.75) is 98.5 Å². The second-order valence-electron chi connectivity index (χ2n) is 10.1. The van der Waals surface area contributed by atoms with Gasteiger partial charge in [0.15, 0.2) is 8.32 Å². The van der Waals surface area contributed by atoms with Crippen LogP contribution in [0.25, 0.3) is 0 Å². The lowest BCUT2D eigenvalue weighted by Crippen LogP contribution is -2.51. The molecule has 0 aromatic heterocycles. The highest BCUT2D eigenvalue weighted by molar-refractivity contribution is 6.74. The summed E-state index contributed by atoms with van der Waals surface area (Å²) in [6, 6.07) is 0.0742. The maximum Gasteiger partial charge on any atom is 0.225 e. The van der Waals surface area contributed by atoms with Gasteiger partial charge in [-0.3, -0.25) is 4.79 Å². The minimum Gasteiger partial charge on any atom is -0.413 e. The summed E-state index contributed by atoms with van der Waals surface area (Å²) in [6.45, 7) is 25.1. The lowest BCUT2D eigenvalue weighted by molar-refractivity contribution is -0.129. The summed E-state index contributed by atoms with van der Waals surface area (Å²) in [6.07, 6.45) is 4.25. The Morgan fingerprint density at radius 3 is 2.11 bits per heavy atom. The minimum atomic E-state index is -2.06. The third kappa shape index (κ3) is 7.82. The van der Waals surface area contributed by atoms with Crippen molar-refractivity contribution in [1.82, 2.24) is 5.32 Å². The summed E-state index contributed by atoms with van der Waals surface area (Å²) in [7, 11) is -2.06. The molecule has 0 spiro atoms. The van der Waals surface area contributed by atoms with E-state index in [1.807, 2.05) is 19.9 Å². The predicted molar refractivity (Wildman–Crippen MR) is 122 cm³/mol. The Hall–Kier alpha value is -0.943. The lowest BCUT2D eigenvalue weighted by Gasteiger charge is -2.43. The van der Waals surface area contributed by atoms with E-state index >= 15 is 0 Å². The molecule has 0 rings (SSSR count). The van der Waals surface area contributed by atoms with Crippen LogP contribution in [-0.4, -0.2) is 32.7 Å². The lowest BCUT2D eigenvalue weighted by atomic mass is 9.86. The Morgan fingerprint density at radius 2 is 1.71 bits per heavy atom. The van der Waals surface area contributed by atoms with Gasteiger partial charge in [-0.1, -0.05) is 61.5 Å². The summed E-state index contributed by atoms with van der Waals surface area (Å²) >= 11 is 0. The molecule has 6 atom stereocenters. The SMILES string of the molecule is C=C[C@@H](C)[C@@H](CC)NC(=O)[C@H](C)[C@@H](O[Si](C)(C)C(C)(C)C)[C@@H](C)C[C@@H](C)C=O. The van der Waals surface area contributed by atoms with E-state index in [1.54, 1.807) is 0 Å². The van der Waals surface area contributed by atoms with E-state index in [0.29, 0.717) is 0 Å². The molecule has 5 heteroatoms. The van der Waals surface area contributed by atoms with E-state index in [4.69, 9.17) is 4.43 Å². The van der Waals surface area contributed by atoms with Crippen LogP contribution in [0.4, 0.5) is 0 Å². The summed E-state index contributed by atoms with van der Waals surface area (Å²) in [4.78, 5) is 24.3. The highest BCUT2D eigenvalue weighted by Gasteiger charge is 2.43. The van der Waals surface area contributed by atoms with E-state index in [1.165, 1.54) is 0 Å². The van der Waals surface area contributed by atoms with Crippen molar-refractivity contribution in [3.8, 4) is 0 Å². The van der Waals surface area contributed by atoms with E-state index in [-0.39, 0.29) is 46.8 Å². The smallest absolute Gasteiger partial charge is 0.225 e. The Labute approximate surface area is 175 Å². The van der Waals surface area contributed by atoms with Crippen LogP contribution >= 0.6 is 0 Å². The number of aldehydes is 1. The highest BCUT2D eigenvalue weighted by Crippen LogP contribution is 2.39. The van der Waals surface area contributed by atoms with Gasteiger partial charge in [0, 0.05) is 12.0 Å². The zero-order valence-corrected chi connectivity index (χ0v) is 21.0. The zero-order valence-electron chi connectivity index (χ0n) is 20.0. The Morgan fingerprint density at radius 1 is 1.18 bits per heavy atom. The Kier molecular flexibility index (Phi) is 10.9. The first kappa shape index (κ1) is 27.1. The van der Waals surface area contributed by atoms with Gasteiger partial charge in [0.1, 0.15) is 6.29 Å². The molecule has 0 saturated heterocycles. The molecule has 164 valence electrons. The third-order valence-corrected chi connectivity index (χ3v) is 10.9. The zero-order chi connectivity index (χ0) is 22.3. The minimum absolute atomic E-state index is 0.0230. The average Bonchev–Trinajstić information content (AvgIpc) is 2.61. The highest BCUT2D eigenvalue weighted by atomic mass is 28.4. The first-order chi connectivity index (χ1) is 12.7. The number of rotatable bonds is 12. The first-order valence-corrected chi connectivity index (χ1v) is 13.7. The summed E-state index contributed by atoms with van der Waals surface area (Å²) < 4.78 is 6.74. The molecule has 0 bridgehead atoms. The van der Waals surface area contributed by atoms with Gasteiger partial charge in [-0.2, -0.15) is 0 Å². The Bertz CT molecular complexity index is 512. The van der Waals surface area contributed by atoms with Crippen LogP contribution in [0.5, 0.6) is 0 Å². The molecule has 4 nitrogen and oxygen atoms in total. The largest absolute Gasteiger partial charge is 0.413 e. The summed E-state index contributed by atoms with van der Waals surface area (Å²) in [5.74, 6) is 0.0317. The fraction of sp³-hybridized carbons (Fsp3) is 0.826. The Balaban J connectivity index is 5.60. The van der Waals surface area contributed by atoms with Gasteiger partial charge in [0.25, 0.3) is 0 Å². The molecule has 0 aliphatic rings. The molecule has 0 aliphatic heterocycles. The molecule has 0 aliphatic carbocycles. The van der Waals surface area contributed by atoms with Gasteiger partial charge >= 0.3 is 0 Å². The second-order valence-corrected chi connectivity index (χ2v) is 14.8. The second kappa shape index (κ2) is 11.3. The molecule has 0 aromatic rings. The van der Waals surface area contributed by atoms with Crippen LogP contribution in [0.15, 0.2) is 12.7 Å². The van der Waals surface area contributed by atoms with Crippen LogP contribution in [0.1, 0.15) is 68.2 Å². The fourth-order valence-electron chi connectivity index (χ4n) is 3.24. The van der Waals surface area contributed by atoms with Crippen molar-refractivity contribution >= 4 is 20.5 Å². The molecule has 28 heavy (non-hydrogen) atoms. The van der Waals surface area contributed by atoms with Crippen LogP contribution < -0.4 is 5.32 Å². The molecule has 0 aromatic carbocycles. The van der Waals surface area contributed by atoms with Crippen LogP contribution in [0.2, 0.25) is 18.1 Å². The van der Waals surface area contributed by atoms with E-state index in [2.05, 4.69) is 66.5 Å². The first-order valence-electron chi connectivity index (χ1n) is 10.8. The van der Waals surface area contributed by atoms with Crippen molar-refractivity contribution in [1.29, 1.82) is 0 Å². The summed E-state index contributed by atoms with van der Waals surface area (Å²) in [5, 5.41) is 3.26. The number of hydrogen-bond acceptors (Lipinski definition) is 3. The maximum absolute atomic E-state index is 13.1. The predicted octanol–water partition coefficient (Wildman–Crippen LogP) is 5.59. The van der Waals surface area contributed by atoms with Gasteiger partial charge in [0.2, 0.25) is 5.91 Å². The van der Waals surface area contributed by atoms with Gasteiger partial charge in [-0.25, -0.2) is 0 Å². The average molecular weight is 412 g/mol. The van der Waals surface area contributed by atoms with Crippen molar-refractivity contribution in [3.05, 3.63) is 12.7 Å². The van der Waals surface area contributed by atoms with E-state index in [9.17, 15) is 9.59 Å². The van der Waals surface area contributed by atoms with Crippen molar-refractivity contribution in [2.24, 2.45) is 23.7 Å². The van der Waals surface area contributed by atoms with Gasteiger partial charge in [0.05, 0.1) is 12.0 Å². The molecule has 0 heterocycles. The standard InChI is InChI=1S/C23H45NO3Si/c1-12-17(4)20(13-2)24-22(26)19(6)21(18(5)14-16(3)15-25)27-28(10,11)23(7,8)9/h12,15-21H,1,13-14H2,2-11H3,(H,24,26)/t16-,17-,18+,19-,20-,21+/m1/s1. The number of nitrogens with one attached hydrogen (secondary N) is 1. The van der Waals surface area contributed by atoms with E-state index < -0.39 is 8.32 Å². The monoisotopic (exact) mass is 411 g/mol. The molecule has 0 fully saturated rings. The van der Waals surface area contributed by atoms with Crippen molar-refractivity contribution in [2.75, 3.05) is 0 Å². The molecule has 0 saturated carbocycles. The van der Waals surface area contributed by atoms with Gasteiger partial charge < -0.3 is 14.5 Å². The quantitative estimate of drug-likeness (QED) is 0.259. The molecule has 1 N–H and O–H groups in total. The molecule has 0 radical (unpaired) electrons. The van der Waals surface area contributed by atoms with Crippen LogP contribution in [0, 0.1) is 23.7 Å². The fourth-order valence-corrected chi connectivity index (χ4v) is 4.71. The number of amides is 1. The molecule has 1 amide bonds. The number of hydrogen-bond donors (Lipinski definition) is 1. The van der Waals surface area contributed by atoms with Crippen molar-refractivity contribution < 1.29 is 14.0 Å².